The summed E-state index contributed by atoms with van der Waals surface area (Å²) in [6.07, 6.45) is 11.8. The van der Waals surface area contributed by atoms with E-state index in [1.54, 1.807) is 0 Å². The Kier molecular flexibility index (Phi) is 14.0. The third kappa shape index (κ3) is 10.7. The molecule has 0 aromatic carbocycles. The van der Waals surface area contributed by atoms with Crippen molar-refractivity contribution in [1.82, 2.24) is 0 Å². The van der Waals surface area contributed by atoms with E-state index in [0.29, 0.717) is 0 Å². The fourth-order valence-corrected chi connectivity index (χ4v) is 1.54. The number of carbonyl (C=O) groups is 1. The van der Waals surface area contributed by atoms with Crippen LogP contribution < -0.4 is 0 Å². The van der Waals surface area contributed by atoms with Gasteiger partial charge in [-0.15, -0.1) is 0 Å². The van der Waals surface area contributed by atoms with Gasteiger partial charge in [0, 0.05) is 0 Å². The summed E-state index contributed by atoms with van der Waals surface area (Å²) >= 11 is 0. The summed E-state index contributed by atoms with van der Waals surface area (Å²) in [5.41, 5.74) is 3.69. The van der Waals surface area contributed by atoms with Crippen LogP contribution >= 0.6 is 0 Å². The number of esters is 1. The third-order valence-electron chi connectivity index (χ3n) is 2.55. The number of hydrogen-bond donors (Lipinski definition) is 0. The minimum absolute atomic E-state index is 0.237. The number of rotatable bonds is 7. The van der Waals surface area contributed by atoms with Gasteiger partial charge in [0.25, 0.3) is 0 Å². The van der Waals surface area contributed by atoms with Gasteiger partial charge < -0.3 is 4.74 Å². The maximum atomic E-state index is 11.4. The van der Waals surface area contributed by atoms with E-state index in [2.05, 4.69) is 13.2 Å². The molecule has 0 aliphatic heterocycles. The summed E-state index contributed by atoms with van der Waals surface area (Å²) in [5.74, 6) is -0.262. The van der Waals surface area contributed by atoms with Gasteiger partial charge in [-0.25, -0.2) is 0 Å². The number of hydrogen-bond acceptors (Lipinski definition) is 2. The van der Waals surface area contributed by atoms with Crippen LogP contribution in [0, 0.1) is 0 Å². The lowest BCUT2D eigenvalue weighted by molar-refractivity contribution is -0.139. The second-order valence-corrected chi connectivity index (χ2v) is 4.42. The van der Waals surface area contributed by atoms with Crippen molar-refractivity contribution in [2.75, 3.05) is 7.11 Å². The molecule has 0 fully saturated rings. The maximum absolute atomic E-state index is 11.4. The van der Waals surface area contributed by atoms with Gasteiger partial charge in [-0.2, -0.15) is 0 Å². The lowest BCUT2D eigenvalue weighted by Crippen LogP contribution is -2.01. The summed E-state index contributed by atoms with van der Waals surface area (Å²) in [4.78, 5) is 11.4. The smallest absolute Gasteiger partial charge is 0.309 e. The van der Waals surface area contributed by atoms with Crippen molar-refractivity contribution in [2.45, 2.75) is 41.0 Å². The Morgan fingerprint density at radius 1 is 1.09 bits per heavy atom. The second kappa shape index (κ2) is 13.9. The zero-order valence-electron chi connectivity index (χ0n) is 14.9. The van der Waals surface area contributed by atoms with Crippen LogP contribution in [0.4, 0.5) is 0 Å². The zero-order chi connectivity index (χ0) is 17.5. The molecule has 0 rings (SSSR count). The minimum Gasteiger partial charge on any atom is -0.469 e. The van der Waals surface area contributed by atoms with Gasteiger partial charge in [0.15, 0.2) is 0 Å². The van der Waals surface area contributed by atoms with Crippen molar-refractivity contribution in [3.8, 4) is 0 Å². The Morgan fingerprint density at radius 3 is 2.09 bits per heavy atom. The van der Waals surface area contributed by atoms with Crippen LogP contribution in [0.2, 0.25) is 0 Å². The lowest BCUT2D eigenvalue weighted by Gasteiger charge is -2.05. The summed E-state index contributed by atoms with van der Waals surface area (Å²) < 4.78 is 4.69. The van der Waals surface area contributed by atoms with E-state index >= 15 is 0 Å². The molecule has 0 unspecified atom stereocenters. The van der Waals surface area contributed by atoms with Gasteiger partial charge in [0.05, 0.1) is 13.5 Å². The van der Waals surface area contributed by atoms with Crippen molar-refractivity contribution in [2.24, 2.45) is 0 Å². The molecule has 0 aliphatic rings. The van der Waals surface area contributed by atoms with Gasteiger partial charge in [0.2, 0.25) is 0 Å². The zero-order valence-corrected chi connectivity index (χ0v) is 14.9. The highest BCUT2D eigenvalue weighted by molar-refractivity contribution is 5.73. The van der Waals surface area contributed by atoms with Crippen LogP contribution in [-0.4, -0.2) is 13.1 Å². The normalized spacial score (nSPS) is 12.1. The SMILES string of the molecule is C=C(C)/C=C\C(=C/C)C(=C)/C=C(\C=C/C)CC(=O)OC.CC. The molecular weight excluding hydrogens is 272 g/mol. The van der Waals surface area contributed by atoms with Crippen molar-refractivity contribution in [3.63, 3.8) is 0 Å². The first kappa shape index (κ1) is 22.2. The second-order valence-electron chi connectivity index (χ2n) is 4.42. The van der Waals surface area contributed by atoms with E-state index in [1.807, 2.05) is 71.1 Å². The molecule has 0 aromatic heterocycles. The lowest BCUT2D eigenvalue weighted by atomic mass is 10.0. The number of ether oxygens (including phenoxy) is 1. The Balaban J connectivity index is 0. The van der Waals surface area contributed by atoms with Crippen molar-refractivity contribution < 1.29 is 9.53 Å². The highest BCUT2D eigenvalue weighted by Crippen LogP contribution is 2.17. The van der Waals surface area contributed by atoms with Crippen LogP contribution in [0.25, 0.3) is 0 Å². The van der Waals surface area contributed by atoms with Crippen LogP contribution in [-0.2, 0) is 9.53 Å². The molecule has 122 valence electrons. The molecule has 0 radical (unpaired) electrons. The monoisotopic (exact) mass is 302 g/mol. The highest BCUT2D eigenvalue weighted by Gasteiger charge is 2.04. The van der Waals surface area contributed by atoms with Gasteiger partial charge in [-0.3, -0.25) is 4.79 Å². The predicted octanol–water partition coefficient (Wildman–Crippen LogP) is 5.71. The maximum Gasteiger partial charge on any atom is 0.309 e. The van der Waals surface area contributed by atoms with Gasteiger partial charge >= 0.3 is 5.97 Å². The number of methoxy groups -OCH3 is 1. The fourth-order valence-electron chi connectivity index (χ4n) is 1.54. The number of allylic oxidation sites excluding steroid dienone is 9. The van der Waals surface area contributed by atoms with E-state index in [1.165, 1.54) is 7.11 Å². The Bertz CT molecular complexity index is 486. The minimum atomic E-state index is -0.262. The Labute approximate surface area is 136 Å². The summed E-state index contributed by atoms with van der Waals surface area (Å²) in [6, 6.07) is 0. The molecular formula is C20H30O2. The molecule has 2 heteroatoms. The standard InChI is InChI=1S/C18H24O2.C2H6/c1-7-9-16(13-18(19)20-6)12-15(5)17(8-2)11-10-14(3)4;1-2/h7-12H,3,5,13H2,1-2,4,6H3;1-2H3/b9-7-,11-10-,16-12+,17-8+;. The largest absolute Gasteiger partial charge is 0.469 e. The van der Waals surface area contributed by atoms with Crippen molar-refractivity contribution in [3.05, 3.63) is 71.9 Å². The van der Waals surface area contributed by atoms with Crippen LogP contribution in [0.5, 0.6) is 0 Å². The topological polar surface area (TPSA) is 26.3 Å². The number of carbonyl (C=O) groups excluding carboxylic acids is 1. The summed E-state index contributed by atoms with van der Waals surface area (Å²) in [7, 11) is 1.39. The average Bonchev–Trinajstić information content (AvgIpc) is 2.49. The van der Waals surface area contributed by atoms with Gasteiger partial charge in [0.1, 0.15) is 0 Å². The Hall–Kier alpha value is -2.09. The van der Waals surface area contributed by atoms with E-state index in [0.717, 1.165) is 22.3 Å². The molecule has 0 atom stereocenters. The van der Waals surface area contributed by atoms with Crippen molar-refractivity contribution >= 4 is 5.97 Å². The summed E-state index contributed by atoms with van der Waals surface area (Å²) in [6.45, 7) is 17.7. The fraction of sp³-hybridized carbons (Fsp3) is 0.350. The molecule has 0 bridgehead atoms. The predicted molar refractivity (Wildman–Crippen MR) is 97.7 cm³/mol. The molecule has 22 heavy (non-hydrogen) atoms. The highest BCUT2D eigenvalue weighted by atomic mass is 16.5. The summed E-state index contributed by atoms with van der Waals surface area (Å²) in [5, 5.41) is 0. The molecule has 0 saturated carbocycles. The first-order chi connectivity index (χ1) is 10.4. The third-order valence-corrected chi connectivity index (χ3v) is 2.55. The van der Waals surface area contributed by atoms with Crippen LogP contribution in [0.3, 0.4) is 0 Å². The molecule has 0 spiro atoms. The van der Waals surface area contributed by atoms with Gasteiger partial charge in [-0.05, 0) is 37.5 Å². The van der Waals surface area contributed by atoms with E-state index in [4.69, 9.17) is 4.74 Å². The first-order valence-corrected chi connectivity index (χ1v) is 7.53. The van der Waals surface area contributed by atoms with Gasteiger partial charge in [-0.1, -0.05) is 69.0 Å². The first-order valence-electron chi connectivity index (χ1n) is 7.53. The molecule has 0 aromatic rings. The average molecular weight is 302 g/mol. The molecule has 0 saturated heterocycles. The van der Waals surface area contributed by atoms with Crippen molar-refractivity contribution in [1.29, 1.82) is 0 Å². The quantitative estimate of drug-likeness (QED) is 0.444. The van der Waals surface area contributed by atoms with Crippen LogP contribution in [0.15, 0.2) is 71.9 Å². The van der Waals surface area contributed by atoms with Crippen LogP contribution in [0.1, 0.15) is 41.0 Å². The Morgan fingerprint density at radius 2 is 1.68 bits per heavy atom. The molecule has 0 aliphatic carbocycles. The van der Waals surface area contributed by atoms with E-state index in [-0.39, 0.29) is 12.4 Å². The molecule has 0 heterocycles. The molecule has 0 N–H and O–H groups in total. The van der Waals surface area contributed by atoms with E-state index < -0.39 is 0 Å². The van der Waals surface area contributed by atoms with E-state index in [9.17, 15) is 4.79 Å². The molecule has 2 nitrogen and oxygen atoms in total. The molecule has 0 amide bonds.